The van der Waals surface area contributed by atoms with E-state index in [-0.39, 0.29) is 34.8 Å². The first kappa shape index (κ1) is 8.89. The number of nitrogens with two attached hydrogens (primary N) is 3. The van der Waals surface area contributed by atoms with E-state index in [1.165, 1.54) is 0 Å². The third kappa shape index (κ3) is 2.02. The van der Waals surface area contributed by atoms with Crippen LogP contribution >= 0.6 is 0 Å². The molecule has 0 aliphatic rings. The van der Waals surface area contributed by atoms with Crippen molar-refractivity contribution in [1.82, 2.24) is 9.97 Å². The van der Waals surface area contributed by atoms with Crippen LogP contribution in [0.1, 0.15) is 0 Å². The fourth-order valence-corrected chi connectivity index (χ4v) is 0.459. The smallest absolute Gasteiger partial charge is 0.320 e. The standard InChI is InChI=1S/C3H6N6.BrH/c4-1-7-2(5)9-3(6)8-1;/h(H6,4,5,6,7,8,9);1H. The van der Waals surface area contributed by atoms with Crippen LogP contribution in [0.4, 0.5) is 17.8 Å². The molecular weight excluding hydrogens is 200 g/mol. The first-order valence-electron chi connectivity index (χ1n) is 2.26. The fraction of sp³-hybridized carbons (Fsp3) is 0. The predicted molar refractivity (Wildman–Crippen MR) is 31.8 cm³/mol. The summed E-state index contributed by atoms with van der Waals surface area (Å²) in [6, 6.07) is 0. The van der Waals surface area contributed by atoms with Crippen LogP contribution in [0, 0.1) is 0 Å². The van der Waals surface area contributed by atoms with Gasteiger partial charge in [0.25, 0.3) is 0 Å². The summed E-state index contributed by atoms with van der Waals surface area (Å²) in [5, 5.41) is 0. The van der Waals surface area contributed by atoms with Gasteiger partial charge in [-0.15, -0.1) is 0 Å². The number of hydrogen-bond acceptors (Lipinski definition) is 5. The van der Waals surface area contributed by atoms with Gasteiger partial charge in [-0.3, -0.25) is 0 Å². The molecule has 0 saturated carbocycles. The summed E-state index contributed by atoms with van der Waals surface area (Å²) < 4.78 is 0. The highest BCUT2D eigenvalue weighted by Crippen LogP contribution is 1.91. The molecule has 0 aromatic carbocycles. The van der Waals surface area contributed by atoms with Crippen molar-refractivity contribution in [3.05, 3.63) is 0 Å². The summed E-state index contributed by atoms with van der Waals surface area (Å²) in [4.78, 5) is 9.55. The summed E-state index contributed by atoms with van der Waals surface area (Å²) in [6.07, 6.45) is 0. The molecule has 0 bridgehead atoms. The monoisotopic (exact) mass is 206 g/mol. The number of anilines is 3. The summed E-state index contributed by atoms with van der Waals surface area (Å²) in [7, 11) is 0. The molecule has 6 nitrogen and oxygen atoms in total. The zero-order valence-corrected chi connectivity index (χ0v) is 6.59. The highest BCUT2D eigenvalue weighted by molar-refractivity contribution is 5.25. The van der Waals surface area contributed by atoms with Crippen LogP contribution in [0.25, 0.3) is 0 Å². The average Bonchev–Trinajstić information content (AvgIpc) is 1.59. The molecule has 10 heavy (non-hydrogen) atoms. The molecule has 0 aliphatic carbocycles. The molecule has 1 heterocycles. The Labute approximate surface area is 67.6 Å². The first-order chi connectivity index (χ1) is 4.18. The van der Waals surface area contributed by atoms with E-state index < -0.39 is 0 Å². The number of nitrogen functional groups attached to an aromatic ring is 3. The third-order valence-corrected chi connectivity index (χ3v) is 0.726. The van der Waals surface area contributed by atoms with Gasteiger partial charge in [0.15, 0.2) is 0 Å². The Balaban J connectivity index is 0.000000810. The van der Waals surface area contributed by atoms with Crippen molar-refractivity contribution < 1.29 is 22.0 Å². The lowest BCUT2D eigenvalue weighted by Crippen LogP contribution is -3.00. The number of aromatic nitrogens is 3. The van der Waals surface area contributed by atoms with Crippen molar-refractivity contribution in [2.45, 2.75) is 0 Å². The molecule has 0 aliphatic heterocycles. The second-order valence-corrected chi connectivity index (χ2v) is 1.48. The number of H-pyrrole nitrogens is 1. The molecule has 7 N–H and O–H groups in total. The maximum atomic E-state index is 5.19. The Morgan fingerprint density at radius 1 is 1.00 bits per heavy atom. The van der Waals surface area contributed by atoms with Gasteiger partial charge >= 0.3 is 17.8 Å². The highest BCUT2D eigenvalue weighted by Gasteiger charge is 2.01. The predicted octanol–water partition coefficient (Wildman–Crippen LogP) is -4.96. The Kier molecular flexibility index (Phi) is 2.81. The molecule has 0 radical (unpaired) electrons. The zero-order valence-electron chi connectivity index (χ0n) is 5.00. The minimum atomic E-state index is 0. The summed E-state index contributed by atoms with van der Waals surface area (Å²) >= 11 is 0. The van der Waals surface area contributed by atoms with Crippen LogP contribution in [0.2, 0.25) is 0 Å². The van der Waals surface area contributed by atoms with Gasteiger partial charge in [-0.05, 0) is 0 Å². The Morgan fingerprint density at radius 2 is 1.40 bits per heavy atom. The number of halogens is 1. The van der Waals surface area contributed by atoms with Crippen LogP contribution in [0.5, 0.6) is 0 Å². The van der Waals surface area contributed by atoms with Crippen LogP contribution in [0.3, 0.4) is 0 Å². The molecule has 56 valence electrons. The van der Waals surface area contributed by atoms with Crippen molar-refractivity contribution in [3.63, 3.8) is 0 Å². The lowest BCUT2D eigenvalue weighted by molar-refractivity contribution is -0.350. The van der Waals surface area contributed by atoms with E-state index in [9.17, 15) is 0 Å². The molecule has 0 saturated heterocycles. The zero-order chi connectivity index (χ0) is 6.85. The van der Waals surface area contributed by atoms with E-state index in [0.29, 0.717) is 0 Å². The van der Waals surface area contributed by atoms with Gasteiger partial charge in [0, 0.05) is 0 Å². The fourth-order valence-electron chi connectivity index (χ4n) is 0.459. The molecule has 1 aromatic heterocycles. The summed E-state index contributed by atoms with van der Waals surface area (Å²) in [5.41, 5.74) is 15.5. The number of nitrogens with zero attached hydrogens (tertiary/aromatic N) is 2. The number of rotatable bonds is 0. The van der Waals surface area contributed by atoms with Gasteiger partial charge in [-0.1, -0.05) is 9.97 Å². The molecule has 1 aromatic rings. The normalized spacial score (nSPS) is 8.40. The van der Waals surface area contributed by atoms with Crippen LogP contribution in [0.15, 0.2) is 0 Å². The van der Waals surface area contributed by atoms with Crippen molar-refractivity contribution in [1.29, 1.82) is 0 Å². The Hall–Kier alpha value is -1.11. The van der Waals surface area contributed by atoms with Crippen LogP contribution < -0.4 is 39.2 Å². The summed E-state index contributed by atoms with van der Waals surface area (Å²) in [5.74, 6) is 0.406. The maximum Gasteiger partial charge on any atom is 0.320 e. The number of aromatic amines is 1. The summed E-state index contributed by atoms with van der Waals surface area (Å²) in [6.45, 7) is 0. The minimum Gasteiger partial charge on any atom is -1.00 e. The largest absolute Gasteiger partial charge is 1.00 e. The number of hydrogen-bond donors (Lipinski definition) is 3. The second kappa shape index (κ2) is 3.16. The molecule has 0 fully saturated rings. The van der Waals surface area contributed by atoms with Gasteiger partial charge < -0.3 is 34.2 Å². The quantitative estimate of drug-likeness (QED) is 0.393. The molecule has 7 heteroatoms. The third-order valence-electron chi connectivity index (χ3n) is 0.726. The van der Waals surface area contributed by atoms with E-state index in [1.54, 1.807) is 0 Å². The van der Waals surface area contributed by atoms with Crippen molar-refractivity contribution in [3.8, 4) is 0 Å². The highest BCUT2D eigenvalue weighted by atomic mass is 79.9. The lowest BCUT2D eigenvalue weighted by atomic mass is 10.9. The van der Waals surface area contributed by atoms with Gasteiger partial charge in [0.1, 0.15) is 0 Å². The van der Waals surface area contributed by atoms with Gasteiger partial charge in [-0.25, -0.2) is 4.98 Å². The molecule has 1 rings (SSSR count). The molecule has 0 atom stereocenters. The molecule has 0 amide bonds. The Bertz CT molecular complexity index is 174. The van der Waals surface area contributed by atoms with Gasteiger partial charge in [0.2, 0.25) is 0 Å². The topological polar surface area (TPSA) is 118 Å². The van der Waals surface area contributed by atoms with Crippen molar-refractivity contribution in [2.24, 2.45) is 0 Å². The SMILES string of the molecule is Nc1nc(N)[nH+]c(N)n1.[Br-]. The van der Waals surface area contributed by atoms with Crippen molar-refractivity contribution in [2.75, 3.05) is 17.2 Å². The van der Waals surface area contributed by atoms with E-state index in [4.69, 9.17) is 17.2 Å². The van der Waals surface area contributed by atoms with E-state index in [0.717, 1.165) is 0 Å². The average molecular weight is 207 g/mol. The minimum absolute atomic E-state index is 0. The van der Waals surface area contributed by atoms with Gasteiger partial charge in [-0.2, -0.15) is 0 Å². The first-order valence-corrected chi connectivity index (χ1v) is 2.26. The lowest BCUT2D eigenvalue weighted by Gasteiger charge is -1.87. The maximum absolute atomic E-state index is 5.19. The molecule has 0 spiro atoms. The number of nitrogens with one attached hydrogen (secondary N) is 1. The van der Waals surface area contributed by atoms with E-state index in [1.807, 2.05) is 0 Å². The van der Waals surface area contributed by atoms with Crippen LogP contribution in [-0.2, 0) is 0 Å². The Morgan fingerprint density at radius 3 is 1.70 bits per heavy atom. The second-order valence-electron chi connectivity index (χ2n) is 1.48. The van der Waals surface area contributed by atoms with E-state index >= 15 is 0 Å². The van der Waals surface area contributed by atoms with Crippen LogP contribution in [-0.4, -0.2) is 9.97 Å². The van der Waals surface area contributed by atoms with E-state index in [2.05, 4.69) is 15.0 Å². The molecular formula is C3H7BrN6. The van der Waals surface area contributed by atoms with Gasteiger partial charge in [0.05, 0.1) is 0 Å². The molecule has 0 unspecified atom stereocenters. The van der Waals surface area contributed by atoms with Crippen molar-refractivity contribution >= 4 is 17.8 Å².